The highest BCUT2D eigenvalue weighted by atomic mass is 32.1. The number of rotatable bonds is 4. The molecular formula is C17H23N3O2S. The van der Waals surface area contributed by atoms with E-state index in [2.05, 4.69) is 22.1 Å². The number of aromatic nitrogens is 2. The van der Waals surface area contributed by atoms with E-state index in [1.54, 1.807) is 0 Å². The lowest BCUT2D eigenvalue weighted by Gasteiger charge is -2.27. The Labute approximate surface area is 140 Å². The average molecular weight is 333 g/mol. The summed E-state index contributed by atoms with van der Waals surface area (Å²) in [5.74, 6) is 0. The van der Waals surface area contributed by atoms with Crippen LogP contribution >= 0.6 is 11.3 Å². The van der Waals surface area contributed by atoms with Gasteiger partial charge >= 0.3 is 0 Å². The van der Waals surface area contributed by atoms with Crippen LogP contribution in [0.3, 0.4) is 0 Å². The molecule has 2 aliphatic heterocycles. The van der Waals surface area contributed by atoms with Crippen molar-refractivity contribution in [2.24, 2.45) is 7.05 Å². The van der Waals surface area contributed by atoms with Crippen molar-refractivity contribution in [3.8, 4) is 0 Å². The molecule has 0 bridgehead atoms. The fourth-order valence-corrected chi connectivity index (χ4v) is 4.80. The van der Waals surface area contributed by atoms with Gasteiger partial charge in [0.1, 0.15) is 0 Å². The SMILES string of the molecule is Cn1nc(CO)c2c1CCN(Cc1ccc([C@H]3CCCO3)s1)C2. The molecule has 2 aromatic heterocycles. The molecule has 1 fully saturated rings. The largest absolute Gasteiger partial charge is 0.390 e. The second kappa shape index (κ2) is 6.36. The molecule has 23 heavy (non-hydrogen) atoms. The highest BCUT2D eigenvalue weighted by Crippen LogP contribution is 2.34. The molecule has 1 saturated heterocycles. The number of aliphatic hydroxyl groups excluding tert-OH is 1. The zero-order valence-corrected chi connectivity index (χ0v) is 14.3. The summed E-state index contributed by atoms with van der Waals surface area (Å²) in [6.07, 6.45) is 3.66. The molecule has 0 radical (unpaired) electrons. The molecule has 4 heterocycles. The fourth-order valence-electron chi connectivity index (χ4n) is 3.66. The van der Waals surface area contributed by atoms with Crippen LogP contribution in [0.15, 0.2) is 12.1 Å². The number of aryl methyl sites for hydroxylation is 1. The number of hydrogen-bond donors (Lipinski definition) is 1. The van der Waals surface area contributed by atoms with Crippen molar-refractivity contribution in [3.05, 3.63) is 38.8 Å². The Hall–Kier alpha value is -1.21. The van der Waals surface area contributed by atoms with E-state index in [0.29, 0.717) is 6.10 Å². The van der Waals surface area contributed by atoms with E-state index in [0.717, 1.165) is 44.8 Å². The second-order valence-electron chi connectivity index (χ2n) is 6.42. The first kappa shape index (κ1) is 15.3. The lowest BCUT2D eigenvalue weighted by molar-refractivity contribution is 0.114. The highest BCUT2D eigenvalue weighted by molar-refractivity contribution is 7.12. The molecule has 5 nitrogen and oxygen atoms in total. The molecule has 0 aromatic carbocycles. The maximum Gasteiger partial charge on any atom is 0.0926 e. The maximum atomic E-state index is 9.50. The van der Waals surface area contributed by atoms with Crippen LogP contribution in [0.4, 0.5) is 0 Å². The molecule has 1 atom stereocenters. The van der Waals surface area contributed by atoms with Gasteiger partial charge in [0.05, 0.1) is 18.4 Å². The van der Waals surface area contributed by atoms with Crippen LogP contribution in [-0.2, 0) is 37.9 Å². The van der Waals surface area contributed by atoms with E-state index in [1.807, 2.05) is 23.1 Å². The van der Waals surface area contributed by atoms with E-state index < -0.39 is 0 Å². The molecule has 0 saturated carbocycles. The lowest BCUT2D eigenvalue weighted by Crippen LogP contribution is -2.30. The van der Waals surface area contributed by atoms with Crippen LogP contribution in [0.25, 0.3) is 0 Å². The van der Waals surface area contributed by atoms with Crippen LogP contribution in [0.5, 0.6) is 0 Å². The van der Waals surface area contributed by atoms with Gasteiger partial charge in [-0.25, -0.2) is 0 Å². The van der Waals surface area contributed by atoms with Crippen LogP contribution in [0, 0.1) is 0 Å². The van der Waals surface area contributed by atoms with E-state index in [9.17, 15) is 5.11 Å². The van der Waals surface area contributed by atoms with Gasteiger partial charge in [-0.1, -0.05) is 0 Å². The number of aliphatic hydroxyl groups is 1. The van der Waals surface area contributed by atoms with Gasteiger partial charge in [-0.15, -0.1) is 11.3 Å². The third-order valence-electron chi connectivity index (χ3n) is 4.86. The molecule has 6 heteroatoms. The number of ether oxygens (including phenoxy) is 1. The van der Waals surface area contributed by atoms with Crippen molar-refractivity contribution in [1.29, 1.82) is 0 Å². The summed E-state index contributed by atoms with van der Waals surface area (Å²) in [5, 5.41) is 13.9. The van der Waals surface area contributed by atoms with Gasteiger partial charge < -0.3 is 9.84 Å². The van der Waals surface area contributed by atoms with Gasteiger partial charge in [-0.2, -0.15) is 5.10 Å². The van der Waals surface area contributed by atoms with Gasteiger partial charge in [0.15, 0.2) is 0 Å². The molecule has 0 spiro atoms. The number of nitrogens with zero attached hydrogens (tertiary/aromatic N) is 3. The Balaban J connectivity index is 1.45. The average Bonchev–Trinajstić information content (AvgIpc) is 3.27. The first-order chi connectivity index (χ1) is 11.2. The Morgan fingerprint density at radius 1 is 1.43 bits per heavy atom. The summed E-state index contributed by atoms with van der Waals surface area (Å²) in [7, 11) is 1.97. The molecule has 124 valence electrons. The molecule has 1 N–H and O–H groups in total. The minimum atomic E-state index is 0.0270. The summed E-state index contributed by atoms with van der Waals surface area (Å²) < 4.78 is 7.71. The smallest absolute Gasteiger partial charge is 0.0926 e. The first-order valence-electron chi connectivity index (χ1n) is 8.31. The number of fused-ring (bicyclic) bond motifs is 1. The van der Waals surface area contributed by atoms with E-state index >= 15 is 0 Å². The Morgan fingerprint density at radius 2 is 2.35 bits per heavy atom. The molecule has 0 unspecified atom stereocenters. The van der Waals surface area contributed by atoms with Gasteiger partial charge in [0, 0.05) is 60.7 Å². The molecule has 2 aliphatic rings. The predicted molar refractivity (Wildman–Crippen MR) is 89.2 cm³/mol. The van der Waals surface area contributed by atoms with Crippen molar-refractivity contribution in [2.45, 2.75) is 45.1 Å². The molecule has 2 aromatic rings. The minimum Gasteiger partial charge on any atom is -0.390 e. The summed E-state index contributed by atoms with van der Waals surface area (Å²) in [6, 6.07) is 4.47. The van der Waals surface area contributed by atoms with Crippen LogP contribution in [-0.4, -0.2) is 32.9 Å². The minimum absolute atomic E-state index is 0.0270. The zero-order valence-electron chi connectivity index (χ0n) is 13.5. The third-order valence-corrected chi connectivity index (χ3v) is 6.03. The Morgan fingerprint density at radius 3 is 3.13 bits per heavy atom. The van der Waals surface area contributed by atoms with Gasteiger partial charge in [0.25, 0.3) is 0 Å². The summed E-state index contributed by atoms with van der Waals surface area (Å²) in [4.78, 5) is 5.22. The lowest BCUT2D eigenvalue weighted by atomic mass is 10.1. The topological polar surface area (TPSA) is 50.5 Å². The zero-order chi connectivity index (χ0) is 15.8. The molecule has 4 rings (SSSR count). The van der Waals surface area contributed by atoms with Gasteiger partial charge in [0.2, 0.25) is 0 Å². The summed E-state index contributed by atoms with van der Waals surface area (Å²) in [6.45, 7) is 3.82. The van der Waals surface area contributed by atoms with Gasteiger partial charge in [-0.3, -0.25) is 9.58 Å². The summed E-state index contributed by atoms with van der Waals surface area (Å²) in [5.41, 5.74) is 3.33. The Kier molecular flexibility index (Phi) is 4.24. The second-order valence-corrected chi connectivity index (χ2v) is 7.62. The van der Waals surface area contributed by atoms with Crippen molar-refractivity contribution < 1.29 is 9.84 Å². The van der Waals surface area contributed by atoms with Crippen LogP contribution in [0.2, 0.25) is 0 Å². The quantitative estimate of drug-likeness (QED) is 0.933. The monoisotopic (exact) mass is 333 g/mol. The van der Waals surface area contributed by atoms with E-state index in [-0.39, 0.29) is 6.61 Å². The maximum absolute atomic E-state index is 9.50. The fraction of sp³-hybridized carbons (Fsp3) is 0.588. The number of hydrogen-bond acceptors (Lipinski definition) is 5. The predicted octanol–water partition coefficient (Wildman–Crippen LogP) is 2.38. The van der Waals surface area contributed by atoms with Crippen LogP contribution in [0.1, 0.15) is 45.7 Å². The van der Waals surface area contributed by atoms with Crippen LogP contribution < -0.4 is 0 Å². The third kappa shape index (κ3) is 2.96. The van der Waals surface area contributed by atoms with E-state index in [4.69, 9.17) is 4.74 Å². The first-order valence-corrected chi connectivity index (χ1v) is 9.13. The van der Waals surface area contributed by atoms with Gasteiger partial charge in [-0.05, 0) is 25.0 Å². The molecular weight excluding hydrogens is 310 g/mol. The molecule has 0 aliphatic carbocycles. The van der Waals surface area contributed by atoms with Crippen molar-refractivity contribution in [2.75, 3.05) is 13.2 Å². The molecule has 0 amide bonds. The van der Waals surface area contributed by atoms with Crippen molar-refractivity contribution >= 4 is 11.3 Å². The standard InChI is InChI=1S/C17H23N3O2S/c1-19-15-6-7-20(10-13(15)14(11-21)18-19)9-12-4-5-17(23-12)16-3-2-8-22-16/h4-5,16,21H,2-3,6-11H2,1H3/t16-/m1/s1. The van der Waals surface area contributed by atoms with Crippen molar-refractivity contribution in [3.63, 3.8) is 0 Å². The number of thiophene rings is 1. The van der Waals surface area contributed by atoms with E-state index in [1.165, 1.54) is 27.4 Å². The summed E-state index contributed by atoms with van der Waals surface area (Å²) >= 11 is 1.88. The normalized spacial score (nSPS) is 21.7. The Bertz CT molecular complexity index is 688. The van der Waals surface area contributed by atoms with Crippen molar-refractivity contribution in [1.82, 2.24) is 14.7 Å². The highest BCUT2D eigenvalue weighted by Gasteiger charge is 2.24.